The van der Waals surface area contributed by atoms with Crippen LogP contribution in [0.5, 0.6) is 0 Å². The van der Waals surface area contributed by atoms with E-state index in [-0.39, 0.29) is 0 Å². The molecule has 0 aliphatic carbocycles. The Morgan fingerprint density at radius 1 is 1.11 bits per heavy atom. The number of hydrogen-bond acceptors (Lipinski definition) is 5. The highest BCUT2D eigenvalue weighted by molar-refractivity contribution is 7.98. The van der Waals surface area contributed by atoms with Crippen LogP contribution in [0.4, 0.5) is 0 Å². The van der Waals surface area contributed by atoms with E-state index in [9.17, 15) is 0 Å². The predicted octanol–water partition coefficient (Wildman–Crippen LogP) is 2.18. The van der Waals surface area contributed by atoms with Crippen LogP contribution in [0.2, 0.25) is 0 Å². The van der Waals surface area contributed by atoms with Crippen LogP contribution in [0.15, 0.2) is 29.6 Å². The number of pyridine rings is 1. The van der Waals surface area contributed by atoms with Gasteiger partial charge in [0.05, 0.1) is 0 Å². The maximum absolute atomic E-state index is 4.39. The van der Waals surface area contributed by atoms with Crippen molar-refractivity contribution in [3.8, 4) is 11.5 Å². The molecule has 100 valence electrons. The zero-order valence-corrected chi connectivity index (χ0v) is 11.8. The SMILES string of the molecule is CSc1nnc(-c2ccccn2)n1N1CCCCC1. The molecule has 0 aromatic carbocycles. The molecule has 5 nitrogen and oxygen atoms in total. The van der Waals surface area contributed by atoms with Crippen molar-refractivity contribution in [2.45, 2.75) is 24.4 Å². The molecule has 0 radical (unpaired) electrons. The molecule has 0 spiro atoms. The van der Waals surface area contributed by atoms with E-state index in [4.69, 9.17) is 0 Å². The van der Waals surface area contributed by atoms with Crippen LogP contribution in [-0.2, 0) is 0 Å². The highest BCUT2D eigenvalue weighted by Gasteiger charge is 2.20. The van der Waals surface area contributed by atoms with E-state index in [0.29, 0.717) is 0 Å². The third kappa shape index (κ3) is 2.45. The summed E-state index contributed by atoms with van der Waals surface area (Å²) in [4.78, 5) is 4.39. The van der Waals surface area contributed by atoms with Gasteiger partial charge in [-0.1, -0.05) is 17.8 Å². The topological polar surface area (TPSA) is 46.8 Å². The summed E-state index contributed by atoms with van der Waals surface area (Å²) in [5.74, 6) is 0.840. The van der Waals surface area contributed by atoms with Gasteiger partial charge < -0.3 is 5.01 Å². The summed E-state index contributed by atoms with van der Waals surface area (Å²) >= 11 is 1.62. The van der Waals surface area contributed by atoms with Gasteiger partial charge in [-0.3, -0.25) is 4.98 Å². The van der Waals surface area contributed by atoms with Gasteiger partial charge in [-0.2, -0.15) is 0 Å². The first-order chi connectivity index (χ1) is 9.40. The molecule has 3 rings (SSSR count). The monoisotopic (exact) mass is 275 g/mol. The van der Waals surface area contributed by atoms with Gasteiger partial charge in [0, 0.05) is 19.3 Å². The summed E-state index contributed by atoms with van der Waals surface area (Å²) in [5.41, 5.74) is 0.876. The number of piperidine rings is 1. The smallest absolute Gasteiger partial charge is 0.210 e. The zero-order chi connectivity index (χ0) is 13.1. The maximum atomic E-state index is 4.39. The summed E-state index contributed by atoms with van der Waals surface area (Å²) in [6, 6.07) is 5.88. The highest BCUT2D eigenvalue weighted by atomic mass is 32.2. The van der Waals surface area contributed by atoms with Crippen LogP contribution in [0.3, 0.4) is 0 Å². The lowest BCUT2D eigenvalue weighted by Crippen LogP contribution is -2.40. The molecular formula is C13H17N5S. The fourth-order valence-corrected chi connectivity index (χ4v) is 2.88. The molecule has 0 amide bonds. The van der Waals surface area contributed by atoms with Crippen LogP contribution >= 0.6 is 11.8 Å². The zero-order valence-electron chi connectivity index (χ0n) is 11.0. The minimum atomic E-state index is 0.840. The Morgan fingerprint density at radius 2 is 1.95 bits per heavy atom. The van der Waals surface area contributed by atoms with Crippen LogP contribution in [-0.4, -0.2) is 39.2 Å². The van der Waals surface area contributed by atoms with Gasteiger partial charge in [-0.05, 0) is 37.7 Å². The molecule has 2 aromatic heterocycles. The van der Waals surface area contributed by atoms with Crippen molar-refractivity contribution in [1.29, 1.82) is 0 Å². The molecule has 0 saturated carbocycles. The number of aromatic nitrogens is 4. The van der Waals surface area contributed by atoms with Gasteiger partial charge in [0.2, 0.25) is 11.0 Å². The lowest BCUT2D eigenvalue weighted by Gasteiger charge is -2.30. The van der Waals surface area contributed by atoms with E-state index in [1.807, 2.05) is 24.5 Å². The Kier molecular flexibility index (Phi) is 3.68. The van der Waals surface area contributed by atoms with Crippen molar-refractivity contribution in [2.75, 3.05) is 24.4 Å². The van der Waals surface area contributed by atoms with Gasteiger partial charge >= 0.3 is 0 Å². The summed E-state index contributed by atoms with van der Waals surface area (Å²) in [7, 11) is 0. The summed E-state index contributed by atoms with van der Waals surface area (Å²) < 4.78 is 2.13. The molecule has 6 heteroatoms. The average Bonchev–Trinajstić information content (AvgIpc) is 2.93. The number of rotatable bonds is 3. The summed E-state index contributed by atoms with van der Waals surface area (Å²) in [6.45, 7) is 2.12. The van der Waals surface area contributed by atoms with Crippen LogP contribution < -0.4 is 5.01 Å². The highest BCUT2D eigenvalue weighted by Crippen LogP contribution is 2.23. The Hall–Kier alpha value is -1.56. The molecule has 1 aliphatic heterocycles. The van der Waals surface area contributed by atoms with Crippen molar-refractivity contribution in [3.05, 3.63) is 24.4 Å². The second kappa shape index (κ2) is 5.61. The van der Waals surface area contributed by atoms with Crippen LogP contribution in [0.1, 0.15) is 19.3 Å². The van der Waals surface area contributed by atoms with Crippen LogP contribution in [0, 0.1) is 0 Å². The molecule has 1 saturated heterocycles. The molecule has 0 atom stereocenters. The van der Waals surface area contributed by atoms with Crippen LogP contribution in [0.25, 0.3) is 11.5 Å². The fraction of sp³-hybridized carbons (Fsp3) is 0.462. The lowest BCUT2D eigenvalue weighted by atomic mass is 10.2. The maximum Gasteiger partial charge on any atom is 0.210 e. The second-order valence-electron chi connectivity index (χ2n) is 4.55. The molecule has 3 heterocycles. The first-order valence-corrected chi connectivity index (χ1v) is 7.78. The minimum Gasteiger partial charge on any atom is -0.309 e. The van der Waals surface area contributed by atoms with E-state index in [1.165, 1.54) is 19.3 Å². The fourth-order valence-electron chi connectivity index (χ4n) is 2.38. The Balaban J connectivity index is 2.03. The molecule has 2 aromatic rings. The first-order valence-electron chi connectivity index (χ1n) is 6.56. The van der Waals surface area contributed by atoms with Crippen molar-refractivity contribution < 1.29 is 0 Å². The number of thioether (sulfide) groups is 1. The number of nitrogens with zero attached hydrogens (tertiary/aromatic N) is 5. The largest absolute Gasteiger partial charge is 0.309 e. The lowest BCUT2D eigenvalue weighted by molar-refractivity contribution is 0.460. The standard InChI is InChI=1S/C13H17N5S/c1-19-13-16-15-12(11-7-3-4-8-14-11)18(13)17-9-5-2-6-10-17/h3-4,7-8H,2,5-6,9-10H2,1H3. The first kappa shape index (κ1) is 12.5. The van der Waals surface area contributed by atoms with Gasteiger partial charge in [-0.25, -0.2) is 4.68 Å². The quantitative estimate of drug-likeness (QED) is 0.804. The number of hydrogen-bond donors (Lipinski definition) is 0. The molecular weight excluding hydrogens is 258 g/mol. The van der Waals surface area contributed by atoms with Gasteiger partial charge in [0.1, 0.15) is 5.69 Å². The van der Waals surface area contributed by atoms with E-state index in [0.717, 1.165) is 29.8 Å². The molecule has 19 heavy (non-hydrogen) atoms. The van der Waals surface area contributed by atoms with Crippen molar-refractivity contribution >= 4 is 11.8 Å². The van der Waals surface area contributed by atoms with Gasteiger partial charge in [-0.15, -0.1) is 10.2 Å². The predicted molar refractivity (Wildman–Crippen MR) is 76.8 cm³/mol. The van der Waals surface area contributed by atoms with Crippen molar-refractivity contribution in [3.63, 3.8) is 0 Å². The van der Waals surface area contributed by atoms with Crippen molar-refractivity contribution in [1.82, 2.24) is 19.9 Å². The average molecular weight is 275 g/mol. The van der Waals surface area contributed by atoms with Crippen molar-refractivity contribution in [2.24, 2.45) is 0 Å². The summed E-state index contributed by atoms with van der Waals surface area (Å²) in [6.07, 6.45) is 7.60. The molecule has 1 fully saturated rings. The molecule has 0 bridgehead atoms. The van der Waals surface area contributed by atoms with Gasteiger partial charge in [0.15, 0.2) is 0 Å². The van der Waals surface area contributed by atoms with Gasteiger partial charge in [0.25, 0.3) is 0 Å². The Bertz CT molecular complexity index is 533. The van der Waals surface area contributed by atoms with E-state index in [2.05, 4.69) is 24.9 Å². The third-order valence-electron chi connectivity index (χ3n) is 3.30. The summed E-state index contributed by atoms with van der Waals surface area (Å²) in [5, 5.41) is 11.9. The molecule has 1 aliphatic rings. The molecule has 0 N–H and O–H groups in total. The van der Waals surface area contributed by atoms with E-state index < -0.39 is 0 Å². The Labute approximate surface area is 117 Å². The third-order valence-corrected chi connectivity index (χ3v) is 3.92. The minimum absolute atomic E-state index is 0.840. The second-order valence-corrected chi connectivity index (χ2v) is 5.32. The van der Waals surface area contributed by atoms with E-state index >= 15 is 0 Å². The molecule has 0 unspecified atom stereocenters. The van der Waals surface area contributed by atoms with E-state index in [1.54, 1.807) is 18.0 Å². The normalized spacial score (nSPS) is 15.7. The Morgan fingerprint density at radius 3 is 2.63 bits per heavy atom.